The van der Waals surface area contributed by atoms with E-state index in [4.69, 9.17) is 5.73 Å². The number of piperidine rings is 3. The Hall–Kier alpha value is -5.18. The highest BCUT2D eigenvalue weighted by atomic mass is 19.1. The standard InChI is InChI=1S/C38H45FN10O4/c39-29-19-28-26(22-49(37(28)53)30-8-9-32(50)42-36(30)52)18-31(29)48-17-10-23(21-48)20-46-15-11-25(12-16-46)24-4-6-27(7-5-24)41-35-33(34(40)51)44-45-38(43-35)47-13-2-1-3-14-47/h4-7,18-19,23,25,30H,1-3,8-17,20-22H2,(H2,40,51)(H,41,43,45)(H,42,50,52). The zero-order chi connectivity index (χ0) is 36.6. The number of nitrogens with zero attached hydrogens (tertiary/aromatic N) is 7. The number of nitrogens with one attached hydrogen (secondary N) is 2. The molecule has 0 saturated carbocycles. The minimum absolute atomic E-state index is 0.0138. The van der Waals surface area contributed by atoms with Gasteiger partial charge in [0, 0.05) is 56.9 Å². The molecule has 2 unspecified atom stereocenters. The largest absolute Gasteiger partial charge is 0.369 e. The van der Waals surface area contributed by atoms with Gasteiger partial charge in [0.1, 0.15) is 11.9 Å². The molecule has 2 aromatic carbocycles. The quantitative estimate of drug-likeness (QED) is 0.277. The van der Waals surface area contributed by atoms with Crippen LogP contribution in [-0.4, -0.2) is 100 Å². The summed E-state index contributed by atoms with van der Waals surface area (Å²) in [6, 6.07) is 10.6. The van der Waals surface area contributed by atoms with Crippen molar-refractivity contribution in [2.75, 3.05) is 60.9 Å². The van der Waals surface area contributed by atoms with E-state index in [-0.39, 0.29) is 36.9 Å². The molecule has 5 aliphatic rings. The van der Waals surface area contributed by atoms with E-state index in [0.29, 0.717) is 40.4 Å². The fourth-order valence-corrected chi connectivity index (χ4v) is 8.61. The van der Waals surface area contributed by atoms with Crippen LogP contribution in [0, 0.1) is 11.7 Å². The van der Waals surface area contributed by atoms with E-state index in [2.05, 4.69) is 52.6 Å². The Balaban J connectivity index is 0.837. The summed E-state index contributed by atoms with van der Waals surface area (Å²) in [5.41, 5.74) is 9.18. The summed E-state index contributed by atoms with van der Waals surface area (Å²) in [5.74, 6) is -0.620. The number of aromatic nitrogens is 3. The number of carbonyl (C=O) groups is 4. The van der Waals surface area contributed by atoms with Crippen LogP contribution in [0.5, 0.6) is 0 Å². The van der Waals surface area contributed by atoms with Gasteiger partial charge >= 0.3 is 0 Å². The molecule has 4 fully saturated rings. The van der Waals surface area contributed by atoms with Crippen molar-refractivity contribution >= 4 is 46.8 Å². The number of amides is 4. The van der Waals surface area contributed by atoms with Crippen LogP contribution in [0.2, 0.25) is 0 Å². The van der Waals surface area contributed by atoms with Gasteiger partial charge in [0.25, 0.3) is 11.8 Å². The lowest BCUT2D eigenvalue weighted by Gasteiger charge is -2.34. The van der Waals surface area contributed by atoms with Crippen molar-refractivity contribution in [3.8, 4) is 0 Å². The average Bonchev–Trinajstić information content (AvgIpc) is 3.75. The maximum Gasteiger partial charge on any atom is 0.273 e. The molecular weight excluding hydrogens is 679 g/mol. The fourth-order valence-electron chi connectivity index (χ4n) is 8.61. The SMILES string of the molecule is NC(=O)c1nnc(N2CCCCC2)nc1Nc1ccc(C2CCN(CC3CCN(c4cc5c(cc4F)C(=O)N(C4CCC(=O)NC4=O)C5)C3)CC2)cc1. The smallest absolute Gasteiger partial charge is 0.273 e. The number of likely N-dealkylation sites (tertiary alicyclic amines) is 1. The molecule has 15 heteroatoms. The summed E-state index contributed by atoms with van der Waals surface area (Å²) in [6.07, 6.45) is 6.83. The Labute approximate surface area is 307 Å². The van der Waals surface area contributed by atoms with E-state index in [1.165, 1.54) is 23.0 Å². The molecule has 0 bridgehead atoms. The van der Waals surface area contributed by atoms with Gasteiger partial charge in [0.05, 0.1) is 5.69 Å². The van der Waals surface area contributed by atoms with Gasteiger partial charge in [-0.1, -0.05) is 12.1 Å². The number of carbonyl (C=O) groups excluding carboxylic acids is 4. The molecule has 1 aromatic heterocycles. The average molecular weight is 725 g/mol. The van der Waals surface area contributed by atoms with Crippen LogP contribution in [0.1, 0.15) is 89.3 Å². The van der Waals surface area contributed by atoms with Gasteiger partial charge in [-0.25, -0.2) is 4.39 Å². The summed E-state index contributed by atoms with van der Waals surface area (Å²) in [4.78, 5) is 62.0. The van der Waals surface area contributed by atoms with Gasteiger partial charge in [-0.05, 0) is 105 Å². The molecule has 0 spiro atoms. The number of imide groups is 1. The Morgan fingerprint density at radius 1 is 0.925 bits per heavy atom. The number of hydrogen-bond donors (Lipinski definition) is 3. The van der Waals surface area contributed by atoms with E-state index in [1.807, 2.05) is 12.1 Å². The van der Waals surface area contributed by atoms with E-state index >= 15 is 4.39 Å². The summed E-state index contributed by atoms with van der Waals surface area (Å²) < 4.78 is 15.4. The fraction of sp³-hybridized carbons (Fsp3) is 0.500. The molecular formula is C38H45FN10O4. The van der Waals surface area contributed by atoms with E-state index in [1.54, 1.807) is 6.07 Å². The summed E-state index contributed by atoms with van der Waals surface area (Å²) in [6.45, 7) is 6.36. The first-order chi connectivity index (χ1) is 25.7. The maximum absolute atomic E-state index is 15.4. The number of anilines is 4. The van der Waals surface area contributed by atoms with Gasteiger partial charge in [-0.3, -0.25) is 24.5 Å². The summed E-state index contributed by atoms with van der Waals surface area (Å²) >= 11 is 0. The van der Waals surface area contributed by atoms with Crippen LogP contribution in [0.4, 0.5) is 27.5 Å². The van der Waals surface area contributed by atoms with E-state index in [0.717, 1.165) is 83.6 Å². The summed E-state index contributed by atoms with van der Waals surface area (Å²) in [5, 5.41) is 13.8. The predicted molar refractivity (Wildman–Crippen MR) is 195 cm³/mol. The minimum Gasteiger partial charge on any atom is -0.369 e. The molecule has 4 amide bonds. The molecule has 278 valence electrons. The van der Waals surface area contributed by atoms with Gasteiger partial charge in [-0.15, -0.1) is 10.2 Å². The molecule has 3 aromatic rings. The van der Waals surface area contributed by atoms with Crippen LogP contribution in [0.15, 0.2) is 36.4 Å². The molecule has 6 heterocycles. The lowest BCUT2D eigenvalue weighted by atomic mass is 9.89. The minimum atomic E-state index is -0.723. The highest BCUT2D eigenvalue weighted by Gasteiger charge is 2.40. The molecule has 0 radical (unpaired) electrons. The van der Waals surface area contributed by atoms with Gasteiger partial charge in [-0.2, -0.15) is 4.98 Å². The van der Waals surface area contributed by atoms with Crippen molar-refractivity contribution in [2.45, 2.75) is 69.9 Å². The Kier molecular flexibility index (Phi) is 9.66. The maximum atomic E-state index is 15.4. The van der Waals surface area contributed by atoms with Crippen molar-refractivity contribution in [1.29, 1.82) is 0 Å². The molecule has 53 heavy (non-hydrogen) atoms. The number of hydrogen-bond acceptors (Lipinski definition) is 11. The van der Waals surface area contributed by atoms with Crippen LogP contribution in [0.3, 0.4) is 0 Å². The van der Waals surface area contributed by atoms with Crippen LogP contribution in [-0.2, 0) is 16.1 Å². The highest BCUT2D eigenvalue weighted by Crippen LogP contribution is 2.36. The molecule has 4 N–H and O–H groups in total. The van der Waals surface area contributed by atoms with Crippen molar-refractivity contribution in [1.82, 2.24) is 30.3 Å². The third kappa shape index (κ3) is 7.26. The first-order valence-electron chi connectivity index (χ1n) is 18.8. The number of nitrogens with two attached hydrogens (primary N) is 1. The summed E-state index contributed by atoms with van der Waals surface area (Å²) in [7, 11) is 0. The second-order valence-corrected chi connectivity index (χ2v) is 15.0. The van der Waals surface area contributed by atoms with Gasteiger partial charge < -0.3 is 30.7 Å². The number of benzene rings is 2. The lowest BCUT2D eigenvalue weighted by Crippen LogP contribution is -2.52. The highest BCUT2D eigenvalue weighted by molar-refractivity contribution is 6.05. The predicted octanol–water partition coefficient (Wildman–Crippen LogP) is 3.31. The molecule has 5 aliphatic heterocycles. The first kappa shape index (κ1) is 34.9. The van der Waals surface area contributed by atoms with Crippen LogP contribution < -0.4 is 26.2 Å². The second kappa shape index (κ2) is 14.7. The van der Waals surface area contributed by atoms with Gasteiger partial charge in [0.2, 0.25) is 17.8 Å². The zero-order valence-corrected chi connectivity index (χ0v) is 29.7. The molecule has 8 rings (SSSR count). The molecule has 4 saturated heterocycles. The number of primary amides is 1. The monoisotopic (exact) mass is 724 g/mol. The van der Waals surface area contributed by atoms with Crippen molar-refractivity contribution in [3.63, 3.8) is 0 Å². The van der Waals surface area contributed by atoms with Crippen LogP contribution in [0.25, 0.3) is 0 Å². The normalized spacial score (nSPS) is 22.7. The second-order valence-electron chi connectivity index (χ2n) is 15.0. The lowest BCUT2D eigenvalue weighted by molar-refractivity contribution is -0.136. The molecule has 2 atom stereocenters. The number of halogens is 1. The van der Waals surface area contributed by atoms with E-state index < -0.39 is 23.7 Å². The van der Waals surface area contributed by atoms with Crippen LogP contribution >= 0.6 is 0 Å². The van der Waals surface area contributed by atoms with Gasteiger partial charge in [0.15, 0.2) is 11.5 Å². The zero-order valence-electron chi connectivity index (χ0n) is 29.7. The Morgan fingerprint density at radius 2 is 1.70 bits per heavy atom. The van der Waals surface area contributed by atoms with Crippen molar-refractivity contribution in [3.05, 3.63) is 64.6 Å². The van der Waals surface area contributed by atoms with Crippen molar-refractivity contribution in [2.24, 2.45) is 11.7 Å². The Morgan fingerprint density at radius 3 is 2.43 bits per heavy atom. The molecule has 0 aliphatic carbocycles. The third-order valence-corrected chi connectivity index (χ3v) is 11.5. The number of rotatable bonds is 9. The van der Waals surface area contributed by atoms with Crippen molar-refractivity contribution < 1.29 is 23.6 Å². The first-order valence-corrected chi connectivity index (χ1v) is 18.8. The third-order valence-electron chi connectivity index (χ3n) is 11.5. The Bertz CT molecular complexity index is 1910. The van der Waals surface area contributed by atoms with E-state index in [9.17, 15) is 19.2 Å². The number of fused-ring (bicyclic) bond motifs is 1. The molecule has 14 nitrogen and oxygen atoms in total. The topological polar surface area (TPSA) is 170 Å².